The summed E-state index contributed by atoms with van der Waals surface area (Å²) in [7, 11) is 0. The van der Waals surface area contributed by atoms with E-state index < -0.39 is 0 Å². The molecule has 1 unspecified atom stereocenters. The van der Waals surface area contributed by atoms with E-state index in [1.165, 1.54) is 15.4 Å². The fourth-order valence-corrected chi connectivity index (χ4v) is 3.41. The highest BCUT2D eigenvalue weighted by atomic mass is 35.5. The maximum Gasteiger partial charge on any atom is 0.0417 e. The van der Waals surface area contributed by atoms with Crippen LogP contribution in [0.2, 0.25) is 5.02 Å². The van der Waals surface area contributed by atoms with Crippen molar-refractivity contribution in [3.8, 4) is 0 Å². The van der Waals surface area contributed by atoms with Crippen LogP contribution < -0.4 is 5.32 Å². The van der Waals surface area contributed by atoms with Crippen molar-refractivity contribution in [2.45, 2.75) is 36.1 Å². The minimum Gasteiger partial charge on any atom is -0.310 e. The highest BCUT2D eigenvalue weighted by Crippen LogP contribution is 2.34. The third kappa shape index (κ3) is 4.27. The Morgan fingerprint density at radius 3 is 2.70 bits per heavy atom. The molecule has 0 aliphatic carbocycles. The lowest BCUT2D eigenvalue weighted by Crippen LogP contribution is -2.19. The molecule has 0 aromatic heterocycles. The second kappa shape index (κ2) is 7.72. The van der Waals surface area contributed by atoms with Gasteiger partial charge in [-0.05, 0) is 49.7 Å². The van der Waals surface area contributed by atoms with Crippen molar-refractivity contribution in [2.24, 2.45) is 0 Å². The summed E-state index contributed by atoms with van der Waals surface area (Å²) >= 11 is 7.82. The third-order valence-corrected chi connectivity index (χ3v) is 4.43. The Hall–Kier alpha value is -0.960. The molecule has 1 atom stereocenters. The van der Waals surface area contributed by atoms with Crippen LogP contribution >= 0.6 is 23.4 Å². The van der Waals surface area contributed by atoms with Gasteiger partial charge in [0.25, 0.3) is 0 Å². The summed E-state index contributed by atoms with van der Waals surface area (Å²) in [4.78, 5) is 2.46. The molecule has 0 aliphatic rings. The SMILES string of the molecule is CCCNC(C)c1ccccc1Sc1cccc(Cl)c1. The predicted molar refractivity (Wildman–Crippen MR) is 88.7 cm³/mol. The highest BCUT2D eigenvalue weighted by molar-refractivity contribution is 7.99. The number of nitrogens with one attached hydrogen (secondary N) is 1. The maximum absolute atomic E-state index is 6.06. The second-order valence-corrected chi connectivity index (χ2v) is 6.32. The molecule has 0 bridgehead atoms. The molecule has 106 valence electrons. The number of halogens is 1. The number of benzene rings is 2. The smallest absolute Gasteiger partial charge is 0.0417 e. The van der Waals surface area contributed by atoms with Gasteiger partial charge in [-0.1, -0.05) is 54.6 Å². The molecule has 1 N–H and O–H groups in total. The minimum absolute atomic E-state index is 0.359. The first-order valence-corrected chi connectivity index (χ1v) is 8.16. The first kappa shape index (κ1) is 15.4. The summed E-state index contributed by atoms with van der Waals surface area (Å²) in [6, 6.07) is 16.9. The van der Waals surface area contributed by atoms with Crippen LogP contribution in [-0.4, -0.2) is 6.54 Å². The van der Waals surface area contributed by atoms with E-state index in [2.05, 4.69) is 49.5 Å². The van der Waals surface area contributed by atoms with Crippen molar-refractivity contribution in [3.05, 3.63) is 59.1 Å². The van der Waals surface area contributed by atoms with Crippen LogP contribution in [0.3, 0.4) is 0 Å². The number of hydrogen-bond donors (Lipinski definition) is 1. The molecule has 0 saturated heterocycles. The fraction of sp³-hybridized carbons (Fsp3) is 0.294. The molecule has 2 aromatic carbocycles. The van der Waals surface area contributed by atoms with Crippen molar-refractivity contribution < 1.29 is 0 Å². The molecule has 20 heavy (non-hydrogen) atoms. The highest BCUT2D eigenvalue weighted by Gasteiger charge is 2.10. The molecule has 2 rings (SSSR count). The normalized spacial score (nSPS) is 12.3. The molecular weight excluding hydrogens is 286 g/mol. The molecule has 0 spiro atoms. The molecule has 0 amide bonds. The van der Waals surface area contributed by atoms with Gasteiger partial charge >= 0.3 is 0 Å². The second-order valence-electron chi connectivity index (χ2n) is 4.77. The topological polar surface area (TPSA) is 12.0 Å². The van der Waals surface area contributed by atoms with Crippen LogP contribution in [0, 0.1) is 0 Å². The largest absolute Gasteiger partial charge is 0.310 e. The van der Waals surface area contributed by atoms with Crippen LogP contribution in [-0.2, 0) is 0 Å². The summed E-state index contributed by atoms with van der Waals surface area (Å²) in [5.74, 6) is 0. The van der Waals surface area contributed by atoms with Gasteiger partial charge < -0.3 is 5.32 Å². The lowest BCUT2D eigenvalue weighted by molar-refractivity contribution is 0.564. The monoisotopic (exact) mass is 305 g/mol. The zero-order valence-corrected chi connectivity index (χ0v) is 13.5. The molecule has 2 aromatic rings. The van der Waals surface area contributed by atoms with Crippen LogP contribution in [0.5, 0.6) is 0 Å². The van der Waals surface area contributed by atoms with E-state index in [9.17, 15) is 0 Å². The quantitative estimate of drug-likeness (QED) is 0.750. The van der Waals surface area contributed by atoms with Crippen LogP contribution in [0.4, 0.5) is 0 Å². The van der Waals surface area contributed by atoms with E-state index in [1.807, 2.05) is 18.2 Å². The van der Waals surface area contributed by atoms with E-state index >= 15 is 0 Å². The lowest BCUT2D eigenvalue weighted by atomic mass is 10.1. The Bertz CT molecular complexity index is 556. The average molecular weight is 306 g/mol. The Kier molecular flexibility index (Phi) is 5.96. The average Bonchev–Trinajstić information content (AvgIpc) is 2.45. The van der Waals surface area contributed by atoms with Gasteiger partial charge in [-0.25, -0.2) is 0 Å². The van der Waals surface area contributed by atoms with Crippen molar-refractivity contribution in [2.75, 3.05) is 6.54 Å². The summed E-state index contributed by atoms with van der Waals surface area (Å²) in [6.45, 7) is 5.44. The summed E-state index contributed by atoms with van der Waals surface area (Å²) < 4.78 is 0. The van der Waals surface area contributed by atoms with Gasteiger partial charge in [-0.2, -0.15) is 0 Å². The Balaban J connectivity index is 2.19. The zero-order valence-electron chi connectivity index (χ0n) is 11.9. The van der Waals surface area contributed by atoms with Gasteiger partial charge in [0.15, 0.2) is 0 Å². The first-order chi connectivity index (χ1) is 9.70. The molecule has 0 radical (unpaired) electrons. The number of hydrogen-bond acceptors (Lipinski definition) is 2. The molecule has 0 fully saturated rings. The van der Waals surface area contributed by atoms with Crippen molar-refractivity contribution >= 4 is 23.4 Å². The van der Waals surface area contributed by atoms with Crippen molar-refractivity contribution in [1.82, 2.24) is 5.32 Å². The van der Waals surface area contributed by atoms with Gasteiger partial charge in [0, 0.05) is 20.9 Å². The summed E-state index contributed by atoms with van der Waals surface area (Å²) in [6.07, 6.45) is 1.15. The van der Waals surface area contributed by atoms with Crippen molar-refractivity contribution in [3.63, 3.8) is 0 Å². The minimum atomic E-state index is 0.359. The fourth-order valence-electron chi connectivity index (χ4n) is 2.06. The first-order valence-electron chi connectivity index (χ1n) is 6.96. The Morgan fingerprint density at radius 1 is 1.15 bits per heavy atom. The lowest BCUT2D eigenvalue weighted by Gasteiger charge is -2.17. The molecule has 0 aliphatic heterocycles. The number of rotatable bonds is 6. The van der Waals surface area contributed by atoms with E-state index in [4.69, 9.17) is 11.6 Å². The van der Waals surface area contributed by atoms with Crippen LogP contribution in [0.1, 0.15) is 31.9 Å². The van der Waals surface area contributed by atoms with Gasteiger partial charge in [0.2, 0.25) is 0 Å². The van der Waals surface area contributed by atoms with E-state index in [1.54, 1.807) is 11.8 Å². The summed E-state index contributed by atoms with van der Waals surface area (Å²) in [5, 5.41) is 4.33. The zero-order chi connectivity index (χ0) is 14.4. The van der Waals surface area contributed by atoms with E-state index in [0.29, 0.717) is 6.04 Å². The molecule has 0 saturated carbocycles. The van der Waals surface area contributed by atoms with Gasteiger partial charge in [0.05, 0.1) is 0 Å². The molecule has 1 nitrogen and oxygen atoms in total. The Labute approximate surface area is 130 Å². The summed E-state index contributed by atoms with van der Waals surface area (Å²) in [5.41, 5.74) is 1.34. The maximum atomic E-state index is 6.06. The van der Waals surface area contributed by atoms with Gasteiger partial charge in [0.1, 0.15) is 0 Å². The predicted octanol–water partition coefficient (Wildman–Crippen LogP) is 5.55. The molecule has 0 heterocycles. The Morgan fingerprint density at radius 2 is 1.95 bits per heavy atom. The standard InChI is InChI=1S/C17H20ClNS/c1-3-11-19-13(2)16-9-4-5-10-17(16)20-15-8-6-7-14(18)12-15/h4-10,12-13,19H,3,11H2,1-2H3. The third-order valence-electron chi connectivity index (χ3n) is 3.11. The van der Waals surface area contributed by atoms with Crippen LogP contribution in [0.25, 0.3) is 0 Å². The van der Waals surface area contributed by atoms with E-state index in [0.717, 1.165) is 18.0 Å². The molecule has 3 heteroatoms. The van der Waals surface area contributed by atoms with Gasteiger partial charge in [-0.3, -0.25) is 0 Å². The molecular formula is C17H20ClNS. The van der Waals surface area contributed by atoms with Crippen LogP contribution in [0.15, 0.2) is 58.3 Å². The van der Waals surface area contributed by atoms with E-state index in [-0.39, 0.29) is 0 Å². The van der Waals surface area contributed by atoms with Gasteiger partial charge in [-0.15, -0.1) is 0 Å². The van der Waals surface area contributed by atoms with Crippen molar-refractivity contribution in [1.29, 1.82) is 0 Å².